The van der Waals surface area contributed by atoms with Crippen LogP contribution in [0.25, 0.3) is 0 Å². The first-order chi connectivity index (χ1) is 6.54. The zero-order valence-corrected chi connectivity index (χ0v) is 18.0. The molecule has 0 atom stereocenters. The third-order valence-electron chi connectivity index (χ3n) is 1.57. The Bertz CT molecular complexity index is 94.8. The van der Waals surface area contributed by atoms with Crippen LogP contribution in [0, 0.1) is 0 Å². The molecule has 96 valence electrons. The monoisotopic (exact) mass is 382 g/mol. The minimum atomic E-state index is 0. The van der Waals surface area contributed by atoms with Gasteiger partial charge in [-0.1, -0.05) is 0 Å². The molecule has 0 rings (SSSR count). The van der Waals surface area contributed by atoms with Crippen molar-refractivity contribution in [3.63, 3.8) is 0 Å². The van der Waals surface area contributed by atoms with E-state index in [9.17, 15) is 0 Å². The van der Waals surface area contributed by atoms with Gasteiger partial charge in [-0.15, -0.1) is 0 Å². The molecule has 0 amide bonds. The Labute approximate surface area is 131 Å². The predicted molar refractivity (Wildman–Crippen MR) is 69.1 cm³/mol. The first kappa shape index (κ1) is 26.4. The molecule has 2 nitrogen and oxygen atoms in total. The third kappa shape index (κ3) is 36.0. The van der Waals surface area contributed by atoms with Crippen LogP contribution in [0.3, 0.4) is 0 Å². The molecule has 0 spiro atoms. The Morgan fingerprint density at radius 2 is 0.938 bits per heavy atom. The third-order valence-corrected chi connectivity index (χ3v) is 8.14. The molecule has 0 saturated carbocycles. The topological polar surface area (TPSA) is 6.48 Å². The fourth-order valence-corrected chi connectivity index (χ4v) is 4.02. The first-order valence-electron chi connectivity index (χ1n) is 5.54. The van der Waals surface area contributed by atoms with Crippen molar-refractivity contribution in [2.75, 3.05) is 28.2 Å². The minimum Gasteiger partial charge on any atom is -1.00 e. The summed E-state index contributed by atoms with van der Waals surface area (Å²) in [4.78, 5) is 2.97. The van der Waals surface area contributed by atoms with Crippen LogP contribution in [0.1, 0.15) is 26.7 Å². The van der Waals surface area contributed by atoms with Crippen LogP contribution in [0.15, 0.2) is 0 Å². The fourth-order valence-electron chi connectivity index (χ4n) is 0.775. The SMILES string of the molecule is CC[CH2][Ga+][N](C)C.CC[CH2][Ga+][N](C)C.[Cl-].[Cl-]. The molecule has 0 aromatic carbocycles. The maximum Gasteiger partial charge on any atom is -1.00 e. The Balaban J connectivity index is -0.0000000800. The molecule has 0 aromatic heterocycles. The fraction of sp³-hybridized carbons (Fsp3) is 1.00. The largest absolute Gasteiger partial charge is 1.00 e. The summed E-state index contributed by atoms with van der Waals surface area (Å²) in [7, 11) is 8.70. The van der Waals surface area contributed by atoms with Crippen LogP contribution in [-0.4, -0.2) is 70.7 Å². The van der Waals surface area contributed by atoms with Crippen molar-refractivity contribution in [1.29, 1.82) is 0 Å². The molecule has 16 heavy (non-hydrogen) atoms. The van der Waals surface area contributed by atoms with Crippen molar-refractivity contribution in [2.24, 2.45) is 0 Å². The molecule has 0 bridgehead atoms. The van der Waals surface area contributed by atoms with E-state index in [1.807, 2.05) is 0 Å². The average molecular weight is 385 g/mol. The summed E-state index contributed by atoms with van der Waals surface area (Å²) in [6, 6.07) is 0. The van der Waals surface area contributed by atoms with E-state index in [1.54, 1.807) is 0 Å². The molecular weight excluding hydrogens is 358 g/mol. The number of rotatable bonds is 6. The Kier molecular flexibility index (Phi) is 36.2. The quantitative estimate of drug-likeness (QED) is 0.431. The van der Waals surface area contributed by atoms with Crippen molar-refractivity contribution < 1.29 is 24.8 Å². The van der Waals surface area contributed by atoms with Gasteiger partial charge in [0, 0.05) is 0 Å². The zero-order chi connectivity index (χ0) is 11.4. The molecule has 0 N–H and O–H groups in total. The van der Waals surface area contributed by atoms with Gasteiger partial charge in [-0.25, -0.2) is 0 Å². The van der Waals surface area contributed by atoms with Gasteiger partial charge >= 0.3 is 107 Å². The van der Waals surface area contributed by atoms with Crippen LogP contribution in [-0.2, 0) is 0 Å². The Hall–Kier alpha value is 1.77. The van der Waals surface area contributed by atoms with Crippen molar-refractivity contribution in [2.45, 2.75) is 36.6 Å². The molecule has 0 aromatic rings. The molecule has 0 unspecified atom stereocenters. The van der Waals surface area contributed by atoms with E-state index in [0.29, 0.717) is 0 Å². The second kappa shape index (κ2) is 22.0. The van der Waals surface area contributed by atoms with Crippen molar-refractivity contribution in [3.05, 3.63) is 0 Å². The Morgan fingerprint density at radius 1 is 0.688 bits per heavy atom. The molecule has 6 heteroatoms. The van der Waals surface area contributed by atoms with Gasteiger partial charge in [-0.05, 0) is 0 Å². The van der Waals surface area contributed by atoms with Crippen molar-refractivity contribution in [3.8, 4) is 0 Å². The predicted octanol–water partition coefficient (Wildman–Crippen LogP) is -4.00. The summed E-state index contributed by atoms with van der Waals surface area (Å²) in [5.74, 6) is 0. The second-order valence-corrected chi connectivity index (χ2v) is 12.2. The summed E-state index contributed by atoms with van der Waals surface area (Å²) in [5.41, 5.74) is 0. The summed E-state index contributed by atoms with van der Waals surface area (Å²) in [5, 5.41) is 0. The smallest absolute Gasteiger partial charge is 1.00 e. The number of hydrogen-bond acceptors (Lipinski definition) is 2. The zero-order valence-electron chi connectivity index (χ0n) is 11.6. The Morgan fingerprint density at radius 3 is 1.00 bits per heavy atom. The van der Waals surface area contributed by atoms with Crippen LogP contribution < -0.4 is 24.8 Å². The van der Waals surface area contributed by atoms with E-state index >= 15 is 0 Å². The van der Waals surface area contributed by atoms with Crippen molar-refractivity contribution in [1.82, 2.24) is 7.21 Å². The molecule has 0 aliphatic rings. The maximum atomic E-state index is 2.37. The average Bonchev–Trinajstić information content (AvgIpc) is 2.12. The maximum absolute atomic E-state index is 2.37. The van der Waals surface area contributed by atoms with Crippen molar-refractivity contribution >= 4 is 35.3 Å². The summed E-state index contributed by atoms with van der Waals surface area (Å²) >= 11 is 0.0955. The molecule has 0 aliphatic carbocycles. The normalized spacial score (nSPS) is 8.00. The molecule has 0 fully saturated rings. The number of halogens is 2. The molecular formula is C10H26Cl2Ga2N2. The van der Waals surface area contributed by atoms with Gasteiger partial charge in [0.25, 0.3) is 0 Å². The van der Waals surface area contributed by atoms with Gasteiger partial charge in [0.2, 0.25) is 0 Å². The van der Waals surface area contributed by atoms with E-state index in [-0.39, 0.29) is 60.1 Å². The van der Waals surface area contributed by atoms with Gasteiger partial charge < -0.3 is 24.8 Å². The molecule has 0 saturated heterocycles. The van der Waals surface area contributed by atoms with Crippen LogP contribution in [0.5, 0.6) is 0 Å². The van der Waals surface area contributed by atoms with Gasteiger partial charge in [-0.3, -0.25) is 0 Å². The van der Waals surface area contributed by atoms with Gasteiger partial charge in [0.15, 0.2) is 0 Å². The number of nitrogens with zero attached hydrogens (tertiary/aromatic N) is 2. The molecule has 0 aliphatic heterocycles. The van der Waals surface area contributed by atoms with E-state index in [1.165, 1.54) is 22.8 Å². The van der Waals surface area contributed by atoms with Crippen LogP contribution >= 0.6 is 0 Å². The summed E-state index contributed by atoms with van der Waals surface area (Å²) < 4.78 is 4.74. The van der Waals surface area contributed by atoms with Crippen LogP contribution in [0.4, 0.5) is 0 Å². The van der Waals surface area contributed by atoms with Gasteiger partial charge in [0.05, 0.1) is 0 Å². The van der Waals surface area contributed by atoms with Gasteiger partial charge in [-0.2, -0.15) is 0 Å². The first-order valence-corrected chi connectivity index (χ1v) is 11.1. The molecule has 0 radical (unpaired) electrons. The minimum absolute atomic E-state index is 0. The molecule has 0 heterocycles. The van der Waals surface area contributed by atoms with E-state index in [4.69, 9.17) is 0 Å². The number of hydrogen-bond donors (Lipinski definition) is 0. The summed E-state index contributed by atoms with van der Waals surface area (Å²) in [6.45, 7) is 4.50. The van der Waals surface area contributed by atoms with E-state index in [2.05, 4.69) is 49.3 Å². The summed E-state index contributed by atoms with van der Waals surface area (Å²) in [6.07, 6.45) is 2.75. The van der Waals surface area contributed by atoms with Crippen LogP contribution in [0.2, 0.25) is 9.95 Å². The van der Waals surface area contributed by atoms with Gasteiger partial charge in [0.1, 0.15) is 0 Å². The second-order valence-electron chi connectivity index (χ2n) is 3.87. The van der Waals surface area contributed by atoms with E-state index < -0.39 is 0 Å². The van der Waals surface area contributed by atoms with E-state index in [0.717, 1.165) is 0 Å². The standard InChI is InChI=1S/2C3H7.2C2H6N.2ClH.2Ga/c4*1-3-2;;;;/h2*1,3H2,2H3;2*1-2H3;2*1H;;/q;;2*-1;;;2*+2/p-2.